The van der Waals surface area contributed by atoms with Gasteiger partial charge in [0.1, 0.15) is 6.29 Å². The maximum atomic E-state index is 12.3. The molecule has 1 amide bonds. The average molecular weight is 245 g/mol. The van der Waals surface area contributed by atoms with E-state index in [1.165, 1.54) is 5.56 Å². The molecule has 96 valence electrons. The molecule has 0 spiro atoms. The second-order valence-corrected chi connectivity index (χ2v) is 5.09. The lowest BCUT2D eigenvalue weighted by atomic mass is 9.98. The van der Waals surface area contributed by atoms with Crippen molar-refractivity contribution in [1.29, 1.82) is 0 Å². The molecule has 0 aliphatic carbocycles. The van der Waals surface area contributed by atoms with Gasteiger partial charge in [0, 0.05) is 24.6 Å². The van der Waals surface area contributed by atoms with Crippen LogP contribution in [-0.2, 0) is 4.79 Å². The fourth-order valence-corrected chi connectivity index (χ4v) is 2.36. The number of carbonyl (C=O) groups excluding carboxylic acids is 2. The summed E-state index contributed by atoms with van der Waals surface area (Å²) in [4.78, 5) is 25.0. The largest absolute Gasteiger partial charge is 0.338 e. The zero-order valence-electron chi connectivity index (χ0n) is 11.0. The van der Waals surface area contributed by atoms with Crippen molar-refractivity contribution >= 4 is 12.2 Å². The zero-order valence-corrected chi connectivity index (χ0v) is 11.0. The number of piperidine rings is 1. The standard InChI is InChI=1S/C15H19NO2/c1-11-5-6-14(8-12(11)2)15(18)16-7-3-4-13(9-16)10-17/h5-6,8,10,13H,3-4,7,9H2,1-2H3. The molecule has 1 saturated heterocycles. The second kappa shape index (κ2) is 5.34. The maximum Gasteiger partial charge on any atom is 0.253 e. The molecule has 1 fully saturated rings. The van der Waals surface area contributed by atoms with E-state index >= 15 is 0 Å². The molecular weight excluding hydrogens is 226 g/mol. The van der Waals surface area contributed by atoms with Crippen molar-refractivity contribution in [3.8, 4) is 0 Å². The minimum absolute atomic E-state index is 0.00856. The Bertz CT molecular complexity index is 468. The number of nitrogens with zero attached hydrogens (tertiary/aromatic N) is 1. The lowest BCUT2D eigenvalue weighted by molar-refractivity contribution is -0.112. The van der Waals surface area contributed by atoms with Crippen LogP contribution in [0, 0.1) is 19.8 Å². The molecule has 0 radical (unpaired) electrons. The highest BCUT2D eigenvalue weighted by Gasteiger charge is 2.24. The first-order valence-electron chi connectivity index (χ1n) is 6.43. The van der Waals surface area contributed by atoms with Gasteiger partial charge in [-0.05, 0) is 49.9 Å². The van der Waals surface area contributed by atoms with Gasteiger partial charge in [0.2, 0.25) is 0 Å². The smallest absolute Gasteiger partial charge is 0.253 e. The topological polar surface area (TPSA) is 37.4 Å². The van der Waals surface area contributed by atoms with Crippen LogP contribution in [0.4, 0.5) is 0 Å². The number of amides is 1. The average Bonchev–Trinajstić information content (AvgIpc) is 2.41. The van der Waals surface area contributed by atoms with E-state index in [0.717, 1.165) is 36.8 Å². The number of rotatable bonds is 2. The van der Waals surface area contributed by atoms with E-state index in [-0.39, 0.29) is 11.8 Å². The van der Waals surface area contributed by atoms with Crippen LogP contribution in [0.25, 0.3) is 0 Å². The fourth-order valence-electron chi connectivity index (χ4n) is 2.36. The monoisotopic (exact) mass is 245 g/mol. The molecule has 1 aliphatic rings. The van der Waals surface area contributed by atoms with Crippen LogP contribution in [-0.4, -0.2) is 30.2 Å². The second-order valence-electron chi connectivity index (χ2n) is 5.09. The SMILES string of the molecule is Cc1ccc(C(=O)N2CCCC(C=O)C2)cc1C. The fraction of sp³-hybridized carbons (Fsp3) is 0.467. The van der Waals surface area contributed by atoms with Gasteiger partial charge < -0.3 is 9.69 Å². The number of likely N-dealkylation sites (tertiary alicyclic amines) is 1. The third kappa shape index (κ3) is 2.61. The number of carbonyl (C=O) groups is 2. The predicted octanol–water partition coefficient (Wildman–Crippen LogP) is 2.35. The molecule has 2 rings (SSSR count). The van der Waals surface area contributed by atoms with Gasteiger partial charge in [0.15, 0.2) is 0 Å². The van der Waals surface area contributed by atoms with E-state index in [0.29, 0.717) is 6.54 Å². The van der Waals surface area contributed by atoms with Crippen molar-refractivity contribution in [3.05, 3.63) is 34.9 Å². The molecular formula is C15H19NO2. The Morgan fingerprint density at radius 3 is 2.78 bits per heavy atom. The molecule has 0 N–H and O–H groups in total. The molecule has 0 aromatic heterocycles. The Balaban J connectivity index is 2.15. The van der Waals surface area contributed by atoms with Gasteiger partial charge in [-0.2, -0.15) is 0 Å². The summed E-state index contributed by atoms with van der Waals surface area (Å²) in [5.41, 5.74) is 3.05. The molecule has 3 nitrogen and oxygen atoms in total. The van der Waals surface area contributed by atoms with Crippen molar-refractivity contribution in [2.75, 3.05) is 13.1 Å². The molecule has 1 aromatic carbocycles. The normalized spacial score (nSPS) is 19.7. The summed E-state index contributed by atoms with van der Waals surface area (Å²) in [5, 5.41) is 0. The van der Waals surface area contributed by atoms with Crippen molar-refractivity contribution in [2.45, 2.75) is 26.7 Å². The molecule has 1 heterocycles. The van der Waals surface area contributed by atoms with Crippen LogP contribution in [0.15, 0.2) is 18.2 Å². The van der Waals surface area contributed by atoms with Crippen LogP contribution in [0.5, 0.6) is 0 Å². The maximum absolute atomic E-state index is 12.3. The Kier molecular flexibility index (Phi) is 3.80. The molecule has 1 aliphatic heterocycles. The summed E-state index contributed by atoms with van der Waals surface area (Å²) in [6.45, 7) is 5.37. The summed E-state index contributed by atoms with van der Waals surface area (Å²) in [6, 6.07) is 5.78. The molecule has 1 atom stereocenters. The first kappa shape index (κ1) is 12.8. The van der Waals surface area contributed by atoms with Gasteiger partial charge in [-0.15, -0.1) is 0 Å². The lowest BCUT2D eigenvalue weighted by Crippen LogP contribution is -2.40. The molecule has 1 aromatic rings. The zero-order chi connectivity index (χ0) is 13.1. The molecule has 0 saturated carbocycles. The van der Waals surface area contributed by atoms with Crippen molar-refractivity contribution in [2.24, 2.45) is 5.92 Å². The highest BCUT2D eigenvalue weighted by atomic mass is 16.2. The van der Waals surface area contributed by atoms with Gasteiger partial charge in [0.05, 0.1) is 0 Å². The highest BCUT2D eigenvalue weighted by Crippen LogP contribution is 2.18. The van der Waals surface area contributed by atoms with E-state index in [2.05, 4.69) is 0 Å². The van der Waals surface area contributed by atoms with Crippen molar-refractivity contribution in [1.82, 2.24) is 4.90 Å². The third-order valence-electron chi connectivity index (χ3n) is 3.69. The van der Waals surface area contributed by atoms with Gasteiger partial charge in [-0.1, -0.05) is 6.07 Å². The van der Waals surface area contributed by atoms with E-state index < -0.39 is 0 Å². The number of hydrogen-bond acceptors (Lipinski definition) is 2. The van der Waals surface area contributed by atoms with E-state index in [1.807, 2.05) is 32.0 Å². The van der Waals surface area contributed by atoms with Gasteiger partial charge in [0.25, 0.3) is 5.91 Å². The van der Waals surface area contributed by atoms with Gasteiger partial charge in [-0.25, -0.2) is 0 Å². The highest BCUT2D eigenvalue weighted by molar-refractivity contribution is 5.94. The van der Waals surface area contributed by atoms with E-state index in [4.69, 9.17) is 0 Å². The number of aldehydes is 1. The number of hydrogen-bond donors (Lipinski definition) is 0. The predicted molar refractivity (Wildman–Crippen MR) is 70.6 cm³/mol. The summed E-state index contributed by atoms with van der Waals surface area (Å²) < 4.78 is 0. The Labute approximate surface area is 108 Å². The first-order chi connectivity index (χ1) is 8.61. The van der Waals surface area contributed by atoms with Crippen molar-refractivity contribution < 1.29 is 9.59 Å². The van der Waals surface area contributed by atoms with Crippen molar-refractivity contribution in [3.63, 3.8) is 0 Å². The van der Waals surface area contributed by atoms with Crippen LogP contribution in [0.1, 0.15) is 34.3 Å². The quantitative estimate of drug-likeness (QED) is 0.750. The van der Waals surface area contributed by atoms with Gasteiger partial charge >= 0.3 is 0 Å². The Morgan fingerprint density at radius 2 is 2.11 bits per heavy atom. The minimum Gasteiger partial charge on any atom is -0.338 e. The first-order valence-corrected chi connectivity index (χ1v) is 6.43. The molecule has 1 unspecified atom stereocenters. The number of benzene rings is 1. The van der Waals surface area contributed by atoms with Crippen LogP contribution in [0.2, 0.25) is 0 Å². The molecule has 0 bridgehead atoms. The Hall–Kier alpha value is -1.64. The molecule has 3 heteroatoms. The summed E-state index contributed by atoms with van der Waals surface area (Å²) >= 11 is 0. The summed E-state index contributed by atoms with van der Waals surface area (Å²) in [6.07, 6.45) is 2.79. The molecule has 18 heavy (non-hydrogen) atoms. The summed E-state index contributed by atoms with van der Waals surface area (Å²) in [7, 11) is 0. The lowest BCUT2D eigenvalue weighted by Gasteiger charge is -2.30. The van der Waals surface area contributed by atoms with Crippen LogP contribution in [0.3, 0.4) is 0 Å². The third-order valence-corrected chi connectivity index (χ3v) is 3.69. The minimum atomic E-state index is 0.00856. The van der Waals surface area contributed by atoms with E-state index in [9.17, 15) is 9.59 Å². The van der Waals surface area contributed by atoms with Crippen LogP contribution < -0.4 is 0 Å². The van der Waals surface area contributed by atoms with Gasteiger partial charge in [-0.3, -0.25) is 4.79 Å². The summed E-state index contributed by atoms with van der Waals surface area (Å²) in [5.74, 6) is 0.0545. The van der Waals surface area contributed by atoms with E-state index in [1.54, 1.807) is 4.90 Å². The number of aryl methyl sites for hydroxylation is 2. The Morgan fingerprint density at radius 1 is 1.33 bits per heavy atom. The van der Waals surface area contributed by atoms with Crippen LogP contribution >= 0.6 is 0 Å².